The minimum absolute atomic E-state index is 0.559. The molecule has 4 nitrogen and oxygen atoms in total. The Bertz CT molecular complexity index is 406. The molecule has 0 radical (unpaired) electrons. The van der Waals surface area contributed by atoms with E-state index in [1.165, 1.54) is 12.8 Å². The number of aromatic nitrogens is 2. The molecule has 0 saturated heterocycles. The lowest BCUT2D eigenvalue weighted by atomic mass is 10.0. The maximum atomic E-state index is 4.56. The van der Waals surface area contributed by atoms with Crippen molar-refractivity contribution in [1.29, 1.82) is 0 Å². The largest absolute Gasteiger partial charge is 0.367 e. The van der Waals surface area contributed by atoms with Gasteiger partial charge in [0.05, 0.1) is 12.2 Å². The van der Waals surface area contributed by atoms with E-state index in [-0.39, 0.29) is 0 Å². The van der Waals surface area contributed by atoms with Gasteiger partial charge < -0.3 is 10.2 Å². The molecule has 18 heavy (non-hydrogen) atoms. The van der Waals surface area contributed by atoms with Crippen LogP contribution in [-0.2, 0) is 6.54 Å². The topological polar surface area (TPSA) is 33.1 Å². The number of aryl methyl sites for hydroxylation is 1. The highest BCUT2D eigenvalue weighted by molar-refractivity contribution is 5.38. The van der Waals surface area contributed by atoms with Crippen LogP contribution in [0.3, 0.4) is 0 Å². The molecule has 1 N–H and O–H groups in total. The fourth-order valence-electron chi connectivity index (χ4n) is 2.26. The number of nitrogens with zero attached hydrogens (tertiary/aromatic N) is 3. The Morgan fingerprint density at radius 3 is 2.94 bits per heavy atom. The van der Waals surface area contributed by atoms with Gasteiger partial charge in [0, 0.05) is 18.7 Å². The van der Waals surface area contributed by atoms with Gasteiger partial charge in [-0.05, 0) is 40.3 Å². The van der Waals surface area contributed by atoms with Crippen LogP contribution in [0.5, 0.6) is 0 Å². The molecule has 1 unspecified atom stereocenters. The second-order valence-corrected chi connectivity index (χ2v) is 5.32. The summed E-state index contributed by atoms with van der Waals surface area (Å²) in [5, 5.41) is 8.18. The van der Waals surface area contributed by atoms with Crippen molar-refractivity contribution in [2.75, 3.05) is 26.0 Å². The van der Waals surface area contributed by atoms with Gasteiger partial charge in [0.15, 0.2) is 0 Å². The van der Waals surface area contributed by atoms with Crippen LogP contribution in [0.4, 0.5) is 5.82 Å². The number of allylic oxidation sites excluding steroid dienone is 1. The van der Waals surface area contributed by atoms with Gasteiger partial charge in [-0.2, -0.15) is 5.10 Å². The van der Waals surface area contributed by atoms with Crippen molar-refractivity contribution >= 4 is 5.82 Å². The molecular formula is C14H24N4. The molecule has 1 aliphatic carbocycles. The van der Waals surface area contributed by atoms with Crippen molar-refractivity contribution in [3.05, 3.63) is 23.9 Å². The zero-order valence-electron chi connectivity index (χ0n) is 11.7. The third-order valence-corrected chi connectivity index (χ3v) is 3.28. The maximum absolute atomic E-state index is 4.56. The van der Waals surface area contributed by atoms with E-state index < -0.39 is 0 Å². The predicted molar refractivity (Wildman–Crippen MR) is 75.9 cm³/mol. The Labute approximate surface area is 110 Å². The molecule has 0 spiro atoms. The highest BCUT2D eigenvalue weighted by atomic mass is 15.3. The zero-order chi connectivity index (χ0) is 13.0. The molecule has 1 aliphatic rings. The fourth-order valence-corrected chi connectivity index (χ4v) is 2.26. The van der Waals surface area contributed by atoms with E-state index in [9.17, 15) is 0 Å². The molecule has 1 aromatic rings. The zero-order valence-corrected chi connectivity index (χ0v) is 11.7. The summed E-state index contributed by atoms with van der Waals surface area (Å²) in [6, 6.07) is 2.71. The highest BCUT2D eigenvalue weighted by Crippen LogP contribution is 2.18. The van der Waals surface area contributed by atoms with Gasteiger partial charge in [-0.1, -0.05) is 12.2 Å². The summed E-state index contributed by atoms with van der Waals surface area (Å²) in [5.74, 6) is 1.16. The first kappa shape index (κ1) is 13.1. The van der Waals surface area contributed by atoms with E-state index in [0.29, 0.717) is 6.04 Å². The minimum atomic E-state index is 0.559. The molecule has 4 heteroatoms. The molecule has 2 rings (SSSR count). The van der Waals surface area contributed by atoms with Crippen LogP contribution >= 0.6 is 0 Å². The van der Waals surface area contributed by atoms with Gasteiger partial charge in [-0.15, -0.1) is 0 Å². The molecule has 1 aromatic heterocycles. The summed E-state index contributed by atoms with van der Waals surface area (Å²) in [7, 11) is 4.19. The standard InChI is InChI=1S/C14H24N4/c1-12-11-14(15-13-7-5-4-6-8-13)18(16-12)10-9-17(2)3/h4-5,11,13,15H,6-10H2,1-3H3. The predicted octanol–water partition coefficient (Wildman–Crippen LogP) is 2.27. The monoisotopic (exact) mass is 248 g/mol. The first-order chi connectivity index (χ1) is 8.65. The normalized spacial score (nSPS) is 19.4. The average Bonchev–Trinajstić information content (AvgIpc) is 2.68. The van der Waals surface area contributed by atoms with Crippen LogP contribution < -0.4 is 5.32 Å². The van der Waals surface area contributed by atoms with Crippen molar-refractivity contribution in [2.24, 2.45) is 0 Å². The third-order valence-electron chi connectivity index (χ3n) is 3.28. The molecule has 100 valence electrons. The van der Waals surface area contributed by atoms with Gasteiger partial charge in [0.2, 0.25) is 0 Å². The number of hydrogen-bond donors (Lipinski definition) is 1. The second kappa shape index (κ2) is 6.05. The lowest BCUT2D eigenvalue weighted by molar-refractivity contribution is 0.373. The van der Waals surface area contributed by atoms with E-state index in [0.717, 1.165) is 31.0 Å². The third kappa shape index (κ3) is 3.60. The van der Waals surface area contributed by atoms with Crippen LogP contribution in [0, 0.1) is 6.92 Å². The van der Waals surface area contributed by atoms with Crippen LogP contribution in [0.15, 0.2) is 18.2 Å². The fraction of sp³-hybridized carbons (Fsp3) is 0.643. The second-order valence-electron chi connectivity index (χ2n) is 5.32. The molecule has 0 fully saturated rings. The summed E-state index contributed by atoms with van der Waals surface area (Å²) in [6.07, 6.45) is 8.07. The van der Waals surface area contributed by atoms with E-state index >= 15 is 0 Å². The van der Waals surface area contributed by atoms with Gasteiger partial charge in [0.1, 0.15) is 5.82 Å². The lowest BCUT2D eigenvalue weighted by Gasteiger charge is -2.21. The number of nitrogens with one attached hydrogen (secondary N) is 1. The SMILES string of the molecule is Cc1cc(NC2CC=CCC2)n(CCN(C)C)n1. The van der Waals surface area contributed by atoms with E-state index in [4.69, 9.17) is 0 Å². The highest BCUT2D eigenvalue weighted by Gasteiger charge is 2.13. The maximum Gasteiger partial charge on any atom is 0.124 e. The number of anilines is 1. The van der Waals surface area contributed by atoms with Crippen molar-refractivity contribution in [3.8, 4) is 0 Å². The van der Waals surface area contributed by atoms with Crippen molar-refractivity contribution < 1.29 is 0 Å². The Morgan fingerprint density at radius 2 is 2.28 bits per heavy atom. The molecule has 0 bridgehead atoms. The summed E-state index contributed by atoms with van der Waals surface area (Å²) < 4.78 is 2.09. The molecule has 0 aromatic carbocycles. The van der Waals surface area contributed by atoms with E-state index in [1.807, 2.05) is 0 Å². The Morgan fingerprint density at radius 1 is 1.44 bits per heavy atom. The van der Waals surface area contributed by atoms with Gasteiger partial charge in [-0.3, -0.25) is 0 Å². The first-order valence-corrected chi connectivity index (χ1v) is 6.76. The van der Waals surface area contributed by atoms with Crippen LogP contribution in [-0.4, -0.2) is 41.4 Å². The van der Waals surface area contributed by atoms with Crippen LogP contribution in [0.1, 0.15) is 25.0 Å². The van der Waals surface area contributed by atoms with Crippen LogP contribution in [0.25, 0.3) is 0 Å². The number of rotatable bonds is 5. The average molecular weight is 248 g/mol. The quantitative estimate of drug-likeness (QED) is 0.812. The smallest absolute Gasteiger partial charge is 0.124 e. The summed E-state index contributed by atoms with van der Waals surface area (Å²) in [5.41, 5.74) is 1.09. The summed E-state index contributed by atoms with van der Waals surface area (Å²) >= 11 is 0. The van der Waals surface area contributed by atoms with Gasteiger partial charge in [-0.25, -0.2) is 4.68 Å². The molecular weight excluding hydrogens is 224 g/mol. The molecule has 1 atom stereocenters. The summed E-state index contributed by atoms with van der Waals surface area (Å²) in [4.78, 5) is 2.18. The van der Waals surface area contributed by atoms with Gasteiger partial charge >= 0.3 is 0 Å². The van der Waals surface area contributed by atoms with Crippen molar-refractivity contribution in [2.45, 2.75) is 38.8 Å². The summed E-state index contributed by atoms with van der Waals surface area (Å²) in [6.45, 7) is 4.00. The Kier molecular flexibility index (Phi) is 4.42. The Balaban J connectivity index is 1.99. The van der Waals surface area contributed by atoms with Crippen LogP contribution in [0.2, 0.25) is 0 Å². The lowest BCUT2D eigenvalue weighted by Crippen LogP contribution is -2.24. The number of hydrogen-bond acceptors (Lipinski definition) is 3. The first-order valence-electron chi connectivity index (χ1n) is 6.76. The van der Waals surface area contributed by atoms with Gasteiger partial charge in [0.25, 0.3) is 0 Å². The van der Waals surface area contributed by atoms with Crippen molar-refractivity contribution in [1.82, 2.24) is 14.7 Å². The molecule has 0 amide bonds. The molecule has 0 aliphatic heterocycles. The minimum Gasteiger partial charge on any atom is -0.367 e. The molecule has 0 saturated carbocycles. The van der Waals surface area contributed by atoms with Crippen molar-refractivity contribution in [3.63, 3.8) is 0 Å². The van der Waals surface area contributed by atoms with E-state index in [2.05, 4.69) is 59.2 Å². The van der Waals surface area contributed by atoms with E-state index in [1.54, 1.807) is 0 Å². The number of likely N-dealkylation sites (N-methyl/N-ethyl adjacent to an activating group) is 1. The molecule has 1 heterocycles. The Hall–Kier alpha value is -1.29.